The zero-order valence-electron chi connectivity index (χ0n) is 9.90. The third kappa shape index (κ3) is 3.41. The van der Waals surface area contributed by atoms with Gasteiger partial charge >= 0.3 is 11.9 Å². The lowest BCUT2D eigenvalue weighted by Gasteiger charge is -2.09. The molecule has 0 bridgehead atoms. The average Bonchev–Trinajstić information content (AvgIpc) is 2.34. The molecule has 0 unspecified atom stereocenters. The molecule has 0 radical (unpaired) electrons. The van der Waals surface area contributed by atoms with Gasteiger partial charge in [0, 0.05) is 12.0 Å². The molecule has 1 aromatic rings. The topological polar surface area (TPSA) is 127 Å². The Morgan fingerprint density at radius 1 is 1.37 bits per heavy atom. The lowest BCUT2D eigenvalue weighted by molar-refractivity contribution is -0.385. The fourth-order valence-corrected chi connectivity index (χ4v) is 1.51. The summed E-state index contributed by atoms with van der Waals surface area (Å²) in [4.78, 5) is 31.7. The van der Waals surface area contributed by atoms with Crippen molar-refractivity contribution in [2.24, 2.45) is 5.92 Å². The maximum Gasteiger partial charge on any atom is 0.318 e. The largest absolute Gasteiger partial charge is 0.497 e. The zero-order valence-corrected chi connectivity index (χ0v) is 9.90. The van der Waals surface area contributed by atoms with E-state index in [0.717, 1.165) is 6.07 Å². The molecule has 19 heavy (non-hydrogen) atoms. The van der Waals surface area contributed by atoms with Crippen molar-refractivity contribution in [3.63, 3.8) is 0 Å². The van der Waals surface area contributed by atoms with E-state index in [1.54, 1.807) is 0 Å². The third-order valence-electron chi connectivity index (χ3n) is 2.51. The number of hydrogen-bond donors (Lipinski definition) is 2. The molecule has 8 nitrogen and oxygen atoms in total. The molecule has 2 N–H and O–H groups in total. The Bertz CT molecular complexity index is 512. The summed E-state index contributed by atoms with van der Waals surface area (Å²) >= 11 is 0. The molecule has 0 fully saturated rings. The Balaban J connectivity index is 3.16. The number of carboxylic acid groups (broad SMARTS) is 2. The van der Waals surface area contributed by atoms with E-state index in [-0.39, 0.29) is 17.0 Å². The summed E-state index contributed by atoms with van der Waals surface area (Å²) in [6, 6.07) is 3.81. The smallest absolute Gasteiger partial charge is 0.318 e. The number of benzene rings is 1. The fourth-order valence-electron chi connectivity index (χ4n) is 1.51. The van der Waals surface area contributed by atoms with Crippen molar-refractivity contribution in [3.8, 4) is 5.75 Å². The second kappa shape index (κ2) is 5.80. The Morgan fingerprint density at radius 2 is 1.95 bits per heavy atom. The number of carbonyl (C=O) groups is 2. The van der Waals surface area contributed by atoms with Gasteiger partial charge in [0.1, 0.15) is 5.75 Å². The van der Waals surface area contributed by atoms with Gasteiger partial charge in [0.25, 0.3) is 5.69 Å². The molecule has 0 amide bonds. The highest BCUT2D eigenvalue weighted by molar-refractivity contribution is 5.93. The molecular formula is C11H11NO7. The van der Waals surface area contributed by atoms with Crippen LogP contribution in [-0.2, 0) is 16.0 Å². The number of nitro benzene ring substituents is 1. The highest BCUT2D eigenvalue weighted by Crippen LogP contribution is 2.26. The minimum absolute atomic E-state index is 0.0283. The van der Waals surface area contributed by atoms with Gasteiger partial charge in [0.15, 0.2) is 5.92 Å². The fraction of sp³-hybridized carbons (Fsp3) is 0.273. The summed E-state index contributed by atoms with van der Waals surface area (Å²) in [5, 5.41) is 28.4. The second-order valence-electron chi connectivity index (χ2n) is 3.68. The Hall–Kier alpha value is -2.64. The minimum Gasteiger partial charge on any atom is -0.497 e. The molecule has 1 rings (SSSR count). The minimum atomic E-state index is -1.73. The molecule has 0 aliphatic rings. The number of ether oxygens (including phenoxy) is 1. The summed E-state index contributed by atoms with van der Waals surface area (Å²) in [5.74, 6) is -4.58. The van der Waals surface area contributed by atoms with Crippen LogP contribution in [0.25, 0.3) is 0 Å². The number of nitrogens with zero attached hydrogens (tertiary/aromatic N) is 1. The molecule has 0 aromatic heterocycles. The molecule has 8 heteroatoms. The highest BCUT2D eigenvalue weighted by Gasteiger charge is 2.29. The molecule has 0 heterocycles. The number of rotatable bonds is 6. The van der Waals surface area contributed by atoms with Gasteiger partial charge in [0.2, 0.25) is 0 Å². The van der Waals surface area contributed by atoms with E-state index in [1.807, 2.05) is 0 Å². The van der Waals surface area contributed by atoms with Gasteiger partial charge in [-0.15, -0.1) is 0 Å². The van der Waals surface area contributed by atoms with E-state index in [4.69, 9.17) is 14.9 Å². The van der Waals surface area contributed by atoms with Crippen LogP contribution in [0.1, 0.15) is 5.56 Å². The first-order valence-electron chi connectivity index (χ1n) is 5.13. The first kappa shape index (κ1) is 14.4. The van der Waals surface area contributed by atoms with Crippen LogP contribution in [0.4, 0.5) is 5.69 Å². The summed E-state index contributed by atoms with van der Waals surface area (Å²) in [7, 11) is 1.33. The van der Waals surface area contributed by atoms with Crippen molar-refractivity contribution >= 4 is 17.6 Å². The van der Waals surface area contributed by atoms with Crippen LogP contribution in [-0.4, -0.2) is 34.2 Å². The maximum atomic E-state index is 10.9. The quantitative estimate of drug-likeness (QED) is 0.446. The van der Waals surface area contributed by atoms with E-state index >= 15 is 0 Å². The van der Waals surface area contributed by atoms with Crippen molar-refractivity contribution < 1.29 is 29.5 Å². The van der Waals surface area contributed by atoms with Gasteiger partial charge in [-0.25, -0.2) is 0 Å². The zero-order chi connectivity index (χ0) is 14.6. The van der Waals surface area contributed by atoms with E-state index < -0.39 is 29.2 Å². The highest BCUT2D eigenvalue weighted by atomic mass is 16.6. The number of hydrogen-bond acceptors (Lipinski definition) is 5. The molecule has 0 aliphatic heterocycles. The van der Waals surface area contributed by atoms with Crippen molar-refractivity contribution in [2.45, 2.75) is 6.42 Å². The van der Waals surface area contributed by atoms with Crippen LogP contribution >= 0.6 is 0 Å². The van der Waals surface area contributed by atoms with Crippen LogP contribution in [0.5, 0.6) is 5.75 Å². The third-order valence-corrected chi connectivity index (χ3v) is 2.51. The van der Waals surface area contributed by atoms with Gasteiger partial charge in [0.05, 0.1) is 18.1 Å². The second-order valence-corrected chi connectivity index (χ2v) is 3.68. The molecule has 102 valence electrons. The molecule has 1 aromatic carbocycles. The van der Waals surface area contributed by atoms with Gasteiger partial charge in [-0.05, 0) is 12.1 Å². The molecular weight excluding hydrogens is 258 g/mol. The first-order chi connectivity index (χ1) is 8.86. The first-order valence-corrected chi connectivity index (χ1v) is 5.13. The molecule has 0 atom stereocenters. The summed E-state index contributed by atoms with van der Waals surface area (Å²) in [6.07, 6.45) is -0.467. The summed E-state index contributed by atoms with van der Waals surface area (Å²) in [5.41, 5.74) is -0.340. The average molecular weight is 269 g/mol. The van der Waals surface area contributed by atoms with E-state index in [1.165, 1.54) is 19.2 Å². The van der Waals surface area contributed by atoms with Gasteiger partial charge in [-0.2, -0.15) is 0 Å². The van der Waals surface area contributed by atoms with Crippen molar-refractivity contribution in [2.75, 3.05) is 7.11 Å². The van der Waals surface area contributed by atoms with Crippen LogP contribution in [0.15, 0.2) is 18.2 Å². The summed E-state index contributed by atoms with van der Waals surface area (Å²) in [6.45, 7) is 0. The van der Waals surface area contributed by atoms with Crippen molar-refractivity contribution in [1.29, 1.82) is 0 Å². The molecule has 0 aliphatic carbocycles. The van der Waals surface area contributed by atoms with Gasteiger partial charge < -0.3 is 14.9 Å². The predicted octanol–water partition coefficient (Wildman–Crippen LogP) is 0.931. The van der Waals surface area contributed by atoms with Gasteiger partial charge in [-0.1, -0.05) is 0 Å². The number of aliphatic carboxylic acids is 2. The normalized spacial score (nSPS) is 10.2. The predicted molar refractivity (Wildman–Crippen MR) is 62.1 cm³/mol. The Kier molecular flexibility index (Phi) is 4.41. The number of carboxylic acids is 2. The Labute approximate surface area is 107 Å². The van der Waals surface area contributed by atoms with Crippen molar-refractivity contribution in [1.82, 2.24) is 0 Å². The maximum absolute atomic E-state index is 10.9. The summed E-state index contributed by atoms with van der Waals surface area (Å²) < 4.78 is 4.82. The van der Waals surface area contributed by atoms with Gasteiger partial charge in [-0.3, -0.25) is 19.7 Å². The molecule has 0 spiro atoms. The number of nitro groups is 1. The SMILES string of the molecule is COc1ccc(CC(C(=O)O)C(=O)O)c([N+](=O)[O-])c1. The van der Waals surface area contributed by atoms with Crippen LogP contribution in [0.3, 0.4) is 0 Å². The van der Waals surface area contributed by atoms with Crippen LogP contribution < -0.4 is 4.74 Å². The molecule has 0 saturated carbocycles. The van der Waals surface area contributed by atoms with E-state index in [9.17, 15) is 19.7 Å². The Morgan fingerprint density at radius 3 is 2.37 bits per heavy atom. The van der Waals surface area contributed by atoms with Crippen LogP contribution in [0.2, 0.25) is 0 Å². The van der Waals surface area contributed by atoms with Crippen LogP contribution in [0, 0.1) is 16.0 Å². The van der Waals surface area contributed by atoms with Crippen molar-refractivity contribution in [3.05, 3.63) is 33.9 Å². The standard InChI is InChI=1S/C11H11NO7/c1-19-7-3-2-6(9(5-7)12(17)18)4-8(10(13)14)11(15)16/h2-3,5,8H,4H2,1H3,(H,13,14)(H,15,16). The lowest BCUT2D eigenvalue weighted by Crippen LogP contribution is -2.25. The lowest BCUT2D eigenvalue weighted by atomic mass is 9.98. The van der Waals surface area contributed by atoms with E-state index in [2.05, 4.69) is 0 Å². The number of methoxy groups -OCH3 is 1. The molecule has 0 saturated heterocycles. The monoisotopic (exact) mass is 269 g/mol. The van der Waals surface area contributed by atoms with E-state index in [0.29, 0.717) is 0 Å².